The molecule has 0 saturated heterocycles. The number of hydrogen-bond donors (Lipinski definition) is 2. The summed E-state index contributed by atoms with van der Waals surface area (Å²) < 4.78 is 5.15. The molecule has 0 unspecified atom stereocenters. The van der Waals surface area contributed by atoms with Crippen LogP contribution < -0.4 is 10.9 Å². The first-order valence-corrected chi connectivity index (χ1v) is 5.11. The van der Waals surface area contributed by atoms with Crippen LogP contribution in [0.4, 0.5) is 5.69 Å². The minimum Gasteiger partial charge on any atom is -0.381 e. The highest BCUT2D eigenvalue weighted by molar-refractivity contribution is 6.32. The Kier molecular flexibility index (Phi) is 2.93. The van der Waals surface area contributed by atoms with Crippen molar-refractivity contribution in [3.63, 3.8) is 0 Å². The minimum atomic E-state index is -0.371. The molecule has 1 aliphatic rings. The Morgan fingerprint density at radius 3 is 3.07 bits per heavy atom. The average Bonchev–Trinajstić information content (AvgIpc) is 2.17. The van der Waals surface area contributed by atoms with Crippen molar-refractivity contribution in [3.05, 3.63) is 21.6 Å². The van der Waals surface area contributed by atoms with Gasteiger partial charge in [-0.05, 0) is 12.8 Å². The smallest absolute Gasteiger partial charge is 0.285 e. The molecule has 1 aromatic heterocycles. The molecule has 0 bridgehead atoms. The first-order chi connectivity index (χ1) is 7.20. The highest BCUT2D eigenvalue weighted by Crippen LogP contribution is 2.27. The van der Waals surface area contributed by atoms with E-state index in [1.165, 1.54) is 6.20 Å². The van der Waals surface area contributed by atoms with Crippen LogP contribution >= 0.6 is 11.6 Å². The Bertz CT molecular complexity index is 401. The number of H-pyrrole nitrogens is 1. The van der Waals surface area contributed by atoms with Crippen molar-refractivity contribution in [2.75, 3.05) is 12.4 Å². The van der Waals surface area contributed by atoms with Crippen molar-refractivity contribution in [2.45, 2.75) is 25.0 Å². The summed E-state index contributed by atoms with van der Waals surface area (Å²) in [6, 6.07) is 0.316. The molecule has 0 amide bonds. The quantitative estimate of drug-likeness (QED) is 0.812. The Hall–Kier alpha value is -1.07. The van der Waals surface area contributed by atoms with E-state index in [0.29, 0.717) is 17.8 Å². The van der Waals surface area contributed by atoms with E-state index < -0.39 is 0 Å². The first kappa shape index (κ1) is 10.4. The Balaban J connectivity index is 2.00. The van der Waals surface area contributed by atoms with Gasteiger partial charge in [-0.3, -0.25) is 4.79 Å². The van der Waals surface area contributed by atoms with Crippen molar-refractivity contribution >= 4 is 17.3 Å². The minimum absolute atomic E-state index is 0.158. The van der Waals surface area contributed by atoms with E-state index in [1.807, 2.05) is 0 Å². The van der Waals surface area contributed by atoms with Gasteiger partial charge < -0.3 is 10.1 Å². The van der Waals surface area contributed by atoms with Crippen LogP contribution in [0.3, 0.4) is 0 Å². The predicted octanol–water partition coefficient (Wildman–Crippen LogP) is 1.01. The number of aromatic amines is 1. The second kappa shape index (κ2) is 4.20. The van der Waals surface area contributed by atoms with E-state index >= 15 is 0 Å². The fraction of sp³-hybridized carbons (Fsp3) is 0.556. The van der Waals surface area contributed by atoms with Crippen LogP contribution in [-0.2, 0) is 4.74 Å². The maximum absolute atomic E-state index is 11.1. The van der Waals surface area contributed by atoms with Crippen molar-refractivity contribution in [1.82, 2.24) is 10.2 Å². The zero-order chi connectivity index (χ0) is 10.8. The van der Waals surface area contributed by atoms with E-state index in [0.717, 1.165) is 12.8 Å². The molecule has 5 nitrogen and oxygen atoms in total. The molecular weight excluding hydrogens is 218 g/mol. The predicted molar refractivity (Wildman–Crippen MR) is 57.3 cm³/mol. The SMILES string of the molecule is COC1CC(Nc2cn[nH]c(=O)c2Cl)C1. The van der Waals surface area contributed by atoms with Gasteiger partial charge in [-0.1, -0.05) is 11.6 Å². The van der Waals surface area contributed by atoms with Crippen LogP contribution in [0.15, 0.2) is 11.0 Å². The number of aromatic nitrogens is 2. The van der Waals surface area contributed by atoms with Gasteiger partial charge in [-0.2, -0.15) is 5.10 Å². The number of nitrogens with one attached hydrogen (secondary N) is 2. The van der Waals surface area contributed by atoms with Gasteiger partial charge in [0.05, 0.1) is 18.0 Å². The molecule has 6 heteroatoms. The van der Waals surface area contributed by atoms with Gasteiger partial charge in [0.1, 0.15) is 5.02 Å². The Labute approximate surface area is 91.8 Å². The third-order valence-electron chi connectivity index (χ3n) is 2.58. The summed E-state index contributed by atoms with van der Waals surface area (Å²) >= 11 is 5.81. The molecule has 1 aromatic rings. The summed E-state index contributed by atoms with van der Waals surface area (Å²) in [4.78, 5) is 11.1. The number of anilines is 1. The van der Waals surface area contributed by atoms with Crippen LogP contribution in [0.25, 0.3) is 0 Å². The normalized spacial score (nSPS) is 24.7. The zero-order valence-electron chi connectivity index (χ0n) is 8.29. The molecule has 0 radical (unpaired) electrons. The number of rotatable bonds is 3. The number of methoxy groups -OCH3 is 1. The fourth-order valence-corrected chi connectivity index (χ4v) is 1.73. The van der Waals surface area contributed by atoms with E-state index in [-0.39, 0.29) is 10.6 Å². The summed E-state index contributed by atoms with van der Waals surface area (Å²) in [5, 5.41) is 9.26. The van der Waals surface area contributed by atoms with Gasteiger partial charge in [0, 0.05) is 13.2 Å². The largest absolute Gasteiger partial charge is 0.381 e. The molecule has 1 heterocycles. The van der Waals surface area contributed by atoms with E-state index in [4.69, 9.17) is 16.3 Å². The molecule has 1 saturated carbocycles. The van der Waals surface area contributed by atoms with Gasteiger partial charge in [-0.25, -0.2) is 5.10 Å². The molecule has 2 rings (SSSR count). The maximum atomic E-state index is 11.1. The van der Waals surface area contributed by atoms with Crippen LogP contribution in [0.5, 0.6) is 0 Å². The van der Waals surface area contributed by atoms with E-state index in [2.05, 4.69) is 15.5 Å². The highest BCUT2D eigenvalue weighted by atomic mass is 35.5. The zero-order valence-corrected chi connectivity index (χ0v) is 9.04. The molecule has 0 aromatic carbocycles. The van der Waals surface area contributed by atoms with Crippen molar-refractivity contribution in [2.24, 2.45) is 0 Å². The lowest BCUT2D eigenvalue weighted by Gasteiger charge is -2.35. The van der Waals surface area contributed by atoms with Crippen LogP contribution in [0, 0.1) is 0 Å². The van der Waals surface area contributed by atoms with Crippen molar-refractivity contribution in [1.29, 1.82) is 0 Å². The third-order valence-corrected chi connectivity index (χ3v) is 2.96. The van der Waals surface area contributed by atoms with E-state index in [9.17, 15) is 4.79 Å². The standard InChI is InChI=1S/C9H12ClN3O2/c1-15-6-2-5(3-6)12-7-4-11-13-9(14)8(7)10/h4-6H,2-3H2,1H3,(H2,12,13,14). The lowest BCUT2D eigenvalue weighted by molar-refractivity contribution is 0.0328. The Morgan fingerprint density at radius 1 is 1.67 bits per heavy atom. The lowest BCUT2D eigenvalue weighted by atomic mass is 9.89. The fourth-order valence-electron chi connectivity index (χ4n) is 1.58. The summed E-state index contributed by atoms with van der Waals surface area (Å²) in [6.45, 7) is 0. The first-order valence-electron chi connectivity index (χ1n) is 4.73. The highest BCUT2D eigenvalue weighted by Gasteiger charge is 2.29. The number of halogens is 1. The lowest BCUT2D eigenvalue weighted by Crippen LogP contribution is -2.40. The second-order valence-electron chi connectivity index (χ2n) is 3.60. The van der Waals surface area contributed by atoms with Crippen molar-refractivity contribution in [3.8, 4) is 0 Å². The number of nitrogens with zero attached hydrogens (tertiary/aromatic N) is 1. The number of ether oxygens (including phenoxy) is 1. The molecule has 1 fully saturated rings. The van der Waals surface area contributed by atoms with Gasteiger partial charge >= 0.3 is 0 Å². The van der Waals surface area contributed by atoms with Gasteiger partial charge in [0.25, 0.3) is 5.56 Å². The molecule has 1 aliphatic carbocycles. The average molecular weight is 230 g/mol. The summed E-state index contributed by atoms with van der Waals surface area (Å²) in [5.74, 6) is 0. The van der Waals surface area contributed by atoms with E-state index in [1.54, 1.807) is 7.11 Å². The molecule has 15 heavy (non-hydrogen) atoms. The molecular formula is C9H12ClN3O2. The Morgan fingerprint density at radius 2 is 2.40 bits per heavy atom. The summed E-state index contributed by atoms with van der Waals surface area (Å²) in [6.07, 6.45) is 3.69. The van der Waals surface area contributed by atoms with Crippen LogP contribution in [-0.4, -0.2) is 29.5 Å². The van der Waals surface area contributed by atoms with Gasteiger partial charge in [-0.15, -0.1) is 0 Å². The number of hydrogen-bond acceptors (Lipinski definition) is 4. The molecule has 82 valence electrons. The second-order valence-corrected chi connectivity index (χ2v) is 3.98. The summed E-state index contributed by atoms with van der Waals surface area (Å²) in [7, 11) is 1.70. The summed E-state index contributed by atoms with van der Waals surface area (Å²) in [5.41, 5.74) is 0.212. The van der Waals surface area contributed by atoms with Crippen LogP contribution in [0.2, 0.25) is 5.02 Å². The van der Waals surface area contributed by atoms with Crippen molar-refractivity contribution < 1.29 is 4.74 Å². The third kappa shape index (κ3) is 2.13. The maximum Gasteiger partial charge on any atom is 0.285 e. The monoisotopic (exact) mass is 229 g/mol. The molecule has 0 spiro atoms. The van der Waals surface area contributed by atoms with Gasteiger partial charge in [0.2, 0.25) is 0 Å². The molecule has 0 aliphatic heterocycles. The topological polar surface area (TPSA) is 67.0 Å². The molecule has 2 N–H and O–H groups in total. The molecule has 0 atom stereocenters. The van der Waals surface area contributed by atoms with Gasteiger partial charge in [0.15, 0.2) is 0 Å². The van der Waals surface area contributed by atoms with Crippen LogP contribution in [0.1, 0.15) is 12.8 Å².